The summed E-state index contributed by atoms with van der Waals surface area (Å²) in [6, 6.07) is 0. The van der Waals surface area contributed by atoms with Crippen molar-refractivity contribution in [2.75, 3.05) is 6.54 Å². The Bertz CT molecular complexity index is 316. The molecule has 0 aromatic heterocycles. The Morgan fingerprint density at radius 1 is 1.15 bits per heavy atom. The fourth-order valence-electron chi connectivity index (χ4n) is 4.10. The zero-order valence-corrected chi connectivity index (χ0v) is 13.1. The maximum absolute atomic E-state index is 12.2. The zero-order chi connectivity index (χ0) is 14.5. The van der Waals surface area contributed by atoms with Crippen LogP contribution in [0, 0.1) is 23.7 Å². The summed E-state index contributed by atoms with van der Waals surface area (Å²) in [5, 5.41) is 12.8. The van der Waals surface area contributed by atoms with Crippen LogP contribution in [0.25, 0.3) is 0 Å². The summed E-state index contributed by atoms with van der Waals surface area (Å²) in [5.74, 6) is 2.52. The number of amides is 1. The van der Waals surface area contributed by atoms with Gasteiger partial charge >= 0.3 is 0 Å². The van der Waals surface area contributed by atoms with E-state index in [1.807, 2.05) is 0 Å². The first kappa shape index (κ1) is 15.8. The Labute approximate surface area is 123 Å². The molecule has 2 aliphatic rings. The largest absolute Gasteiger partial charge is 0.391 e. The minimum atomic E-state index is -0.398. The van der Waals surface area contributed by atoms with Crippen molar-refractivity contribution in [2.45, 2.75) is 71.3 Å². The lowest BCUT2D eigenvalue weighted by molar-refractivity contribution is -0.127. The van der Waals surface area contributed by atoms with Gasteiger partial charge in [0.1, 0.15) is 0 Å². The zero-order valence-electron chi connectivity index (χ0n) is 13.1. The molecule has 4 atom stereocenters. The molecule has 0 aromatic rings. The van der Waals surface area contributed by atoms with Gasteiger partial charge in [-0.3, -0.25) is 4.79 Å². The van der Waals surface area contributed by atoms with E-state index in [0.29, 0.717) is 12.5 Å². The molecule has 0 spiro atoms. The Hall–Kier alpha value is -0.570. The van der Waals surface area contributed by atoms with Crippen LogP contribution in [0.15, 0.2) is 0 Å². The summed E-state index contributed by atoms with van der Waals surface area (Å²) in [4.78, 5) is 12.2. The molecule has 20 heavy (non-hydrogen) atoms. The lowest BCUT2D eigenvalue weighted by Crippen LogP contribution is -2.40. The van der Waals surface area contributed by atoms with Gasteiger partial charge in [0.15, 0.2) is 0 Å². The molecule has 2 rings (SSSR count). The van der Waals surface area contributed by atoms with Gasteiger partial charge in [-0.1, -0.05) is 39.5 Å². The van der Waals surface area contributed by atoms with E-state index in [1.165, 1.54) is 32.1 Å². The number of hydrogen-bond acceptors (Lipinski definition) is 2. The Morgan fingerprint density at radius 2 is 1.85 bits per heavy atom. The first-order valence-corrected chi connectivity index (χ1v) is 8.52. The van der Waals surface area contributed by atoms with Crippen molar-refractivity contribution in [3.63, 3.8) is 0 Å². The van der Waals surface area contributed by atoms with E-state index >= 15 is 0 Å². The monoisotopic (exact) mass is 281 g/mol. The van der Waals surface area contributed by atoms with Crippen LogP contribution < -0.4 is 5.32 Å². The highest BCUT2D eigenvalue weighted by atomic mass is 16.3. The smallest absolute Gasteiger partial charge is 0.223 e. The number of rotatable bonds is 5. The predicted octanol–water partition coefficient (Wildman–Crippen LogP) is 3.12. The third-order valence-electron chi connectivity index (χ3n) is 5.17. The van der Waals surface area contributed by atoms with Crippen LogP contribution in [-0.2, 0) is 4.79 Å². The van der Waals surface area contributed by atoms with E-state index < -0.39 is 6.10 Å². The fraction of sp³-hybridized carbons (Fsp3) is 0.941. The first-order valence-electron chi connectivity index (χ1n) is 8.52. The number of fused-ring (bicyclic) bond motifs is 1. The standard InChI is InChI=1S/C17H31NO2/c1-12(2)9-16(19)11-18-17(20)15-8-7-13-5-3-4-6-14(13)10-15/h12-16,19H,3-11H2,1-2H3,(H,18,20). The van der Waals surface area contributed by atoms with Gasteiger partial charge < -0.3 is 10.4 Å². The first-order chi connectivity index (χ1) is 9.56. The summed E-state index contributed by atoms with van der Waals surface area (Å²) in [6.07, 6.45) is 9.17. The summed E-state index contributed by atoms with van der Waals surface area (Å²) < 4.78 is 0. The molecule has 2 aliphatic carbocycles. The van der Waals surface area contributed by atoms with Crippen molar-refractivity contribution in [1.29, 1.82) is 0 Å². The highest BCUT2D eigenvalue weighted by Crippen LogP contribution is 2.42. The summed E-state index contributed by atoms with van der Waals surface area (Å²) in [7, 11) is 0. The molecule has 0 saturated heterocycles. The topological polar surface area (TPSA) is 49.3 Å². The summed E-state index contributed by atoms with van der Waals surface area (Å²) in [5.41, 5.74) is 0. The van der Waals surface area contributed by atoms with E-state index in [-0.39, 0.29) is 11.8 Å². The average Bonchev–Trinajstić information content (AvgIpc) is 2.43. The number of carbonyl (C=O) groups excluding carboxylic acids is 1. The number of hydrogen-bond donors (Lipinski definition) is 2. The van der Waals surface area contributed by atoms with Gasteiger partial charge in [0.25, 0.3) is 0 Å². The Morgan fingerprint density at radius 3 is 2.55 bits per heavy atom. The van der Waals surface area contributed by atoms with Gasteiger partial charge in [0, 0.05) is 12.5 Å². The Balaban J connectivity index is 1.73. The van der Waals surface area contributed by atoms with Crippen LogP contribution in [-0.4, -0.2) is 23.7 Å². The van der Waals surface area contributed by atoms with Gasteiger partial charge in [0.05, 0.1) is 6.10 Å². The molecule has 0 heterocycles. The molecule has 2 fully saturated rings. The van der Waals surface area contributed by atoms with Crippen molar-refractivity contribution < 1.29 is 9.90 Å². The van der Waals surface area contributed by atoms with Crippen molar-refractivity contribution >= 4 is 5.91 Å². The quantitative estimate of drug-likeness (QED) is 0.813. The predicted molar refractivity (Wildman–Crippen MR) is 81.3 cm³/mol. The molecule has 1 amide bonds. The number of nitrogens with one attached hydrogen (secondary N) is 1. The molecule has 0 bridgehead atoms. The van der Waals surface area contributed by atoms with Crippen LogP contribution in [0.2, 0.25) is 0 Å². The second-order valence-electron chi connectivity index (χ2n) is 7.34. The summed E-state index contributed by atoms with van der Waals surface area (Å²) in [6.45, 7) is 4.60. The molecule has 116 valence electrons. The van der Waals surface area contributed by atoms with Crippen LogP contribution in [0.4, 0.5) is 0 Å². The van der Waals surface area contributed by atoms with Crippen molar-refractivity contribution in [3.05, 3.63) is 0 Å². The highest BCUT2D eigenvalue weighted by Gasteiger charge is 2.34. The molecule has 0 aromatic carbocycles. The van der Waals surface area contributed by atoms with Gasteiger partial charge in [-0.05, 0) is 43.4 Å². The average molecular weight is 281 g/mol. The number of carbonyl (C=O) groups is 1. The van der Waals surface area contributed by atoms with Crippen LogP contribution in [0.5, 0.6) is 0 Å². The normalized spacial score (nSPS) is 31.7. The van der Waals surface area contributed by atoms with Crippen molar-refractivity contribution in [2.24, 2.45) is 23.7 Å². The third-order valence-corrected chi connectivity index (χ3v) is 5.17. The molecule has 3 nitrogen and oxygen atoms in total. The lowest BCUT2D eigenvalue weighted by atomic mass is 9.67. The second kappa shape index (κ2) is 7.44. The van der Waals surface area contributed by atoms with E-state index in [9.17, 15) is 9.90 Å². The molecule has 4 unspecified atom stereocenters. The fourth-order valence-corrected chi connectivity index (χ4v) is 4.10. The molecule has 2 N–H and O–H groups in total. The molecule has 0 radical (unpaired) electrons. The van der Waals surface area contributed by atoms with Crippen molar-refractivity contribution in [3.8, 4) is 0 Å². The summed E-state index contributed by atoms with van der Waals surface area (Å²) >= 11 is 0. The number of aliphatic hydroxyl groups excluding tert-OH is 1. The van der Waals surface area contributed by atoms with Gasteiger partial charge in [0.2, 0.25) is 5.91 Å². The van der Waals surface area contributed by atoms with Crippen molar-refractivity contribution in [1.82, 2.24) is 5.32 Å². The van der Waals surface area contributed by atoms with Crippen LogP contribution in [0.1, 0.15) is 65.2 Å². The van der Waals surface area contributed by atoms with E-state index in [1.54, 1.807) is 0 Å². The maximum atomic E-state index is 12.2. The minimum Gasteiger partial charge on any atom is -0.391 e. The Kier molecular flexibility index (Phi) is 5.88. The highest BCUT2D eigenvalue weighted by molar-refractivity contribution is 5.78. The van der Waals surface area contributed by atoms with E-state index in [2.05, 4.69) is 19.2 Å². The van der Waals surface area contributed by atoms with E-state index in [0.717, 1.165) is 31.1 Å². The van der Waals surface area contributed by atoms with Gasteiger partial charge in [-0.25, -0.2) is 0 Å². The minimum absolute atomic E-state index is 0.178. The maximum Gasteiger partial charge on any atom is 0.223 e. The second-order valence-corrected chi connectivity index (χ2v) is 7.34. The molecule has 0 aliphatic heterocycles. The third kappa shape index (κ3) is 4.47. The SMILES string of the molecule is CC(C)CC(O)CNC(=O)C1CCC2CCCCC2C1. The molecular formula is C17H31NO2. The molecule has 2 saturated carbocycles. The molecule has 3 heteroatoms. The van der Waals surface area contributed by atoms with E-state index in [4.69, 9.17) is 0 Å². The van der Waals surface area contributed by atoms with Gasteiger partial charge in [-0.2, -0.15) is 0 Å². The van der Waals surface area contributed by atoms with Crippen LogP contribution in [0.3, 0.4) is 0 Å². The lowest BCUT2D eigenvalue weighted by Gasteiger charge is -2.38. The van der Waals surface area contributed by atoms with Crippen LogP contribution >= 0.6 is 0 Å². The van der Waals surface area contributed by atoms with Gasteiger partial charge in [-0.15, -0.1) is 0 Å². The molecular weight excluding hydrogens is 250 g/mol. The number of aliphatic hydroxyl groups is 1.